The lowest BCUT2D eigenvalue weighted by Gasteiger charge is -2.23. The number of hydrogen-bond acceptors (Lipinski definition) is 3. The first-order chi connectivity index (χ1) is 13.7. The molecule has 0 atom stereocenters. The van der Waals surface area contributed by atoms with Crippen LogP contribution >= 0.6 is 0 Å². The molecule has 4 nitrogen and oxygen atoms in total. The second kappa shape index (κ2) is 9.70. The van der Waals surface area contributed by atoms with Crippen LogP contribution in [0.3, 0.4) is 0 Å². The zero-order valence-corrected chi connectivity index (χ0v) is 16.6. The van der Waals surface area contributed by atoms with E-state index in [-0.39, 0.29) is 5.91 Å². The van der Waals surface area contributed by atoms with Crippen LogP contribution in [-0.4, -0.2) is 25.2 Å². The van der Waals surface area contributed by atoms with Gasteiger partial charge in [-0.25, -0.2) is 5.43 Å². The largest absolute Gasteiger partial charge is 0.372 e. The minimum absolute atomic E-state index is 0.212. The molecule has 0 aliphatic rings. The number of hydrogen-bond donors (Lipinski definition) is 1. The van der Waals surface area contributed by atoms with Crippen molar-refractivity contribution in [3.05, 3.63) is 77.9 Å². The number of carbonyl (C=O) groups excluding carboxylic acids is 1. The monoisotopic (exact) mass is 373 g/mol. The molecule has 28 heavy (non-hydrogen) atoms. The summed E-state index contributed by atoms with van der Waals surface area (Å²) in [5.74, 6) is -0.212. The third-order valence-electron chi connectivity index (χ3n) is 4.64. The molecule has 0 aliphatic carbocycles. The van der Waals surface area contributed by atoms with Crippen molar-refractivity contribution in [2.75, 3.05) is 18.0 Å². The van der Waals surface area contributed by atoms with E-state index in [1.165, 1.54) is 5.69 Å². The van der Waals surface area contributed by atoms with Gasteiger partial charge in [0.05, 0.1) is 6.21 Å². The van der Waals surface area contributed by atoms with Crippen molar-refractivity contribution in [2.45, 2.75) is 26.7 Å². The van der Waals surface area contributed by atoms with E-state index in [9.17, 15) is 4.79 Å². The van der Waals surface area contributed by atoms with Crippen LogP contribution in [0.2, 0.25) is 0 Å². The summed E-state index contributed by atoms with van der Waals surface area (Å²) in [5.41, 5.74) is 5.39. The van der Waals surface area contributed by atoms with Crippen molar-refractivity contribution in [1.29, 1.82) is 0 Å². The first-order valence-electron chi connectivity index (χ1n) is 9.88. The average molecular weight is 374 g/mol. The predicted molar refractivity (Wildman–Crippen MR) is 118 cm³/mol. The summed E-state index contributed by atoms with van der Waals surface area (Å²) in [6.45, 7) is 6.51. The van der Waals surface area contributed by atoms with Crippen molar-refractivity contribution in [3.8, 4) is 0 Å². The zero-order valence-electron chi connectivity index (χ0n) is 16.6. The van der Waals surface area contributed by atoms with Crippen LogP contribution in [0.4, 0.5) is 5.69 Å². The molecular formula is C24H27N3O. The summed E-state index contributed by atoms with van der Waals surface area (Å²) in [4.78, 5) is 14.7. The van der Waals surface area contributed by atoms with Crippen molar-refractivity contribution >= 4 is 28.6 Å². The molecule has 0 aliphatic heterocycles. The van der Waals surface area contributed by atoms with Crippen molar-refractivity contribution in [2.24, 2.45) is 5.10 Å². The van der Waals surface area contributed by atoms with Gasteiger partial charge in [-0.2, -0.15) is 5.10 Å². The molecule has 0 fully saturated rings. The summed E-state index contributed by atoms with van der Waals surface area (Å²) < 4.78 is 0. The molecule has 0 bridgehead atoms. The number of benzene rings is 3. The van der Waals surface area contributed by atoms with Crippen LogP contribution in [0.1, 0.15) is 42.6 Å². The smallest absolute Gasteiger partial charge is 0.271 e. The van der Waals surface area contributed by atoms with E-state index >= 15 is 0 Å². The lowest BCUT2D eigenvalue weighted by Crippen LogP contribution is -2.24. The summed E-state index contributed by atoms with van der Waals surface area (Å²) in [7, 11) is 0. The second-order valence-corrected chi connectivity index (χ2v) is 6.84. The fourth-order valence-corrected chi connectivity index (χ4v) is 3.24. The Bertz CT molecular complexity index is 941. The number of anilines is 1. The lowest BCUT2D eigenvalue weighted by molar-refractivity contribution is 0.0955. The molecule has 0 saturated heterocycles. The third-order valence-corrected chi connectivity index (χ3v) is 4.64. The van der Waals surface area contributed by atoms with E-state index in [0.29, 0.717) is 5.56 Å². The SMILES string of the molecule is CCCN(CCC)c1ccc(C=NNC(=O)c2ccc3ccccc3c2)cc1. The Morgan fingerprint density at radius 2 is 1.61 bits per heavy atom. The molecule has 4 heteroatoms. The number of amides is 1. The lowest BCUT2D eigenvalue weighted by atomic mass is 10.1. The van der Waals surface area contributed by atoms with Gasteiger partial charge in [0, 0.05) is 24.3 Å². The average Bonchev–Trinajstić information content (AvgIpc) is 2.73. The number of rotatable bonds is 8. The molecule has 3 aromatic rings. The molecule has 1 amide bonds. The summed E-state index contributed by atoms with van der Waals surface area (Å²) >= 11 is 0. The minimum atomic E-state index is -0.212. The Labute approximate surface area is 166 Å². The number of nitrogens with one attached hydrogen (secondary N) is 1. The molecule has 144 valence electrons. The summed E-state index contributed by atoms with van der Waals surface area (Å²) in [5, 5.41) is 6.26. The molecule has 3 aromatic carbocycles. The summed E-state index contributed by atoms with van der Waals surface area (Å²) in [6.07, 6.45) is 3.93. The minimum Gasteiger partial charge on any atom is -0.372 e. The van der Waals surface area contributed by atoms with Crippen molar-refractivity contribution < 1.29 is 4.79 Å². The molecule has 0 unspecified atom stereocenters. The van der Waals surface area contributed by atoms with E-state index < -0.39 is 0 Å². The summed E-state index contributed by atoms with van der Waals surface area (Å²) in [6, 6.07) is 21.9. The maximum atomic E-state index is 12.3. The van der Waals surface area contributed by atoms with Crippen LogP contribution in [-0.2, 0) is 0 Å². The van der Waals surface area contributed by atoms with E-state index in [0.717, 1.165) is 42.3 Å². The van der Waals surface area contributed by atoms with E-state index in [4.69, 9.17) is 0 Å². The standard InChI is InChI=1S/C24H27N3O/c1-3-15-27(16-4-2)23-13-9-19(10-14-23)18-25-26-24(28)22-12-11-20-7-5-6-8-21(20)17-22/h5-14,17-18H,3-4,15-16H2,1-2H3,(H,26,28). The number of fused-ring (bicyclic) bond motifs is 1. The van der Waals surface area contributed by atoms with Crippen molar-refractivity contribution in [1.82, 2.24) is 5.43 Å². The fraction of sp³-hybridized carbons (Fsp3) is 0.250. The van der Waals surface area contributed by atoms with Gasteiger partial charge in [-0.15, -0.1) is 0 Å². The highest BCUT2D eigenvalue weighted by Crippen LogP contribution is 2.16. The zero-order chi connectivity index (χ0) is 19.8. The van der Waals surface area contributed by atoms with E-state index in [1.807, 2.05) is 54.6 Å². The molecule has 3 rings (SSSR count). The first kappa shape index (κ1) is 19.6. The number of hydrazone groups is 1. The number of nitrogens with zero attached hydrogens (tertiary/aromatic N) is 2. The maximum Gasteiger partial charge on any atom is 0.271 e. The molecule has 0 spiro atoms. The highest BCUT2D eigenvalue weighted by atomic mass is 16.2. The van der Waals surface area contributed by atoms with Crippen LogP contribution in [0.15, 0.2) is 71.8 Å². The van der Waals surface area contributed by atoms with Crippen LogP contribution in [0.5, 0.6) is 0 Å². The first-order valence-corrected chi connectivity index (χ1v) is 9.88. The van der Waals surface area contributed by atoms with Gasteiger partial charge in [-0.05, 0) is 53.4 Å². The van der Waals surface area contributed by atoms with Gasteiger partial charge in [-0.3, -0.25) is 4.79 Å². The molecule has 0 saturated carbocycles. The van der Waals surface area contributed by atoms with E-state index in [1.54, 1.807) is 6.21 Å². The quantitative estimate of drug-likeness (QED) is 0.434. The van der Waals surface area contributed by atoms with Crippen molar-refractivity contribution in [3.63, 3.8) is 0 Å². The van der Waals surface area contributed by atoms with Gasteiger partial charge in [0.15, 0.2) is 0 Å². The predicted octanol–water partition coefficient (Wildman–Crippen LogP) is 5.23. The third kappa shape index (κ3) is 4.97. The maximum absolute atomic E-state index is 12.3. The van der Waals surface area contributed by atoms with Crippen LogP contribution in [0.25, 0.3) is 10.8 Å². The normalized spacial score (nSPS) is 11.1. The van der Waals surface area contributed by atoms with Gasteiger partial charge in [0.1, 0.15) is 0 Å². The second-order valence-electron chi connectivity index (χ2n) is 6.84. The Morgan fingerprint density at radius 3 is 2.29 bits per heavy atom. The molecule has 0 aromatic heterocycles. The Morgan fingerprint density at radius 1 is 0.929 bits per heavy atom. The van der Waals surface area contributed by atoms with Gasteiger partial charge in [0.2, 0.25) is 0 Å². The Balaban J connectivity index is 1.62. The van der Waals surface area contributed by atoms with Crippen LogP contribution in [0, 0.1) is 0 Å². The van der Waals surface area contributed by atoms with Gasteiger partial charge >= 0.3 is 0 Å². The Kier molecular flexibility index (Phi) is 6.79. The topological polar surface area (TPSA) is 44.7 Å². The van der Waals surface area contributed by atoms with E-state index in [2.05, 4.69) is 41.4 Å². The Hall–Kier alpha value is -3.14. The van der Waals surface area contributed by atoms with Gasteiger partial charge in [0.25, 0.3) is 5.91 Å². The number of carbonyl (C=O) groups is 1. The van der Waals surface area contributed by atoms with Gasteiger partial charge in [-0.1, -0.05) is 56.3 Å². The van der Waals surface area contributed by atoms with Crippen LogP contribution < -0.4 is 10.3 Å². The molecule has 1 N–H and O–H groups in total. The highest BCUT2D eigenvalue weighted by molar-refractivity contribution is 5.99. The van der Waals surface area contributed by atoms with Gasteiger partial charge < -0.3 is 4.90 Å². The molecular weight excluding hydrogens is 346 g/mol. The highest BCUT2D eigenvalue weighted by Gasteiger charge is 2.06. The molecule has 0 heterocycles. The molecule has 0 radical (unpaired) electrons. The fourth-order valence-electron chi connectivity index (χ4n) is 3.24.